The molecule has 0 heterocycles. The van der Waals surface area contributed by atoms with Crippen molar-refractivity contribution >= 4 is 39.9 Å². The van der Waals surface area contributed by atoms with Gasteiger partial charge in [0.1, 0.15) is 0 Å². The summed E-state index contributed by atoms with van der Waals surface area (Å²) in [6.07, 6.45) is 2.10. The fourth-order valence-electron chi connectivity index (χ4n) is 4.06. The molecule has 1 aliphatic rings. The minimum Gasteiger partial charge on any atom is -0.377 e. The maximum atomic E-state index is 13.4. The minimum atomic E-state index is -0.0897. The van der Waals surface area contributed by atoms with Crippen molar-refractivity contribution in [2.45, 2.75) is 19.8 Å². The van der Waals surface area contributed by atoms with Crippen LogP contribution in [-0.2, 0) is 0 Å². The van der Waals surface area contributed by atoms with Crippen LogP contribution >= 0.6 is 17.0 Å². The number of carbonyl (C=O) groups is 2. The molecule has 1 atom stereocenters. The second-order valence-electron chi connectivity index (χ2n) is 7.72. The average Bonchev–Trinajstić information content (AvgIpc) is 2.70. The molecule has 0 spiro atoms. The lowest BCUT2D eigenvalue weighted by atomic mass is 9.82. The molecule has 5 nitrogen and oxygen atoms in total. The van der Waals surface area contributed by atoms with Crippen LogP contribution in [0.25, 0.3) is 0 Å². The average molecular weight is 460 g/mol. The van der Waals surface area contributed by atoms with Crippen molar-refractivity contribution in [2.75, 3.05) is 44.0 Å². The maximum Gasteiger partial charge on any atom is 0.196 e. The van der Waals surface area contributed by atoms with Gasteiger partial charge in [0.25, 0.3) is 0 Å². The monoisotopic (exact) mass is 459 g/mol. The van der Waals surface area contributed by atoms with E-state index in [1.165, 1.54) is 0 Å². The highest BCUT2D eigenvalue weighted by Gasteiger charge is 2.35. The standard InChI is InChI=1S/C23H29N3O2.BrH/c1-5-8-15(13-24)14-26(4)19-12-11-18(25(2)3)20-21(19)23(28)17-10-7-6-9-16(17)22(20)27;/h6-7,9-12,15H,5,8,13-14,24H2,1-4H3;1H. The quantitative estimate of drug-likeness (QED) is 0.579. The van der Waals surface area contributed by atoms with Crippen LogP contribution in [0.5, 0.6) is 0 Å². The van der Waals surface area contributed by atoms with E-state index in [-0.39, 0.29) is 28.5 Å². The molecule has 0 saturated carbocycles. The summed E-state index contributed by atoms with van der Waals surface area (Å²) in [5.41, 5.74) is 9.47. The summed E-state index contributed by atoms with van der Waals surface area (Å²) >= 11 is 0. The molecule has 1 unspecified atom stereocenters. The minimum absolute atomic E-state index is 0. The topological polar surface area (TPSA) is 66.6 Å². The molecule has 0 radical (unpaired) electrons. The molecule has 2 N–H and O–H groups in total. The molecule has 0 amide bonds. The summed E-state index contributed by atoms with van der Waals surface area (Å²) in [6.45, 7) is 3.50. The molecule has 2 aromatic carbocycles. The number of anilines is 2. The van der Waals surface area contributed by atoms with Crippen molar-refractivity contribution in [2.24, 2.45) is 11.7 Å². The number of nitrogens with zero attached hydrogens (tertiary/aromatic N) is 2. The van der Waals surface area contributed by atoms with Gasteiger partial charge in [0, 0.05) is 50.2 Å². The van der Waals surface area contributed by atoms with Gasteiger partial charge in [0.05, 0.1) is 11.1 Å². The first-order valence-corrected chi connectivity index (χ1v) is 9.84. The first kappa shape index (κ1) is 23.1. The van der Waals surface area contributed by atoms with Crippen molar-refractivity contribution in [3.63, 3.8) is 0 Å². The van der Waals surface area contributed by atoms with Crippen LogP contribution in [0.3, 0.4) is 0 Å². The summed E-state index contributed by atoms with van der Waals surface area (Å²) in [5.74, 6) is 0.171. The lowest BCUT2D eigenvalue weighted by molar-refractivity contribution is 0.0980. The number of hydrogen-bond donors (Lipinski definition) is 1. The Morgan fingerprint density at radius 1 is 0.897 bits per heavy atom. The molecule has 3 rings (SSSR count). The van der Waals surface area contributed by atoms with Crippen LogP contribution in [0.2, 0.25) is 0 Å². The zero-order valence-corrected chi connectivity index (χ0v) is 19.3. The van der Waals surface area contributed by atoms with Gasteiger partial charge >= 0.3 is 0 Å². The van der Waals surface area contributed by atoms with Gasteiger partial charge in [0.15, 0.2) is 11.6 Å². The van der Waals surface area contributed by atoms with E-state index in [0.29, 0.717) is 34.7 Å². The van der Waals surface area contributed by atoms with Gasteiger partial charge < -0.3 is 15.5 Å². The Kier molecular flexibility index (Phi) is 7.60. The van der Waals surface area contributed by atoms with Crippen LogP contribution in [0.4, 0.5) is 11.4 Å². The Labute approximate surface area is 183 Å². The van der Waals surface area contributed by atoms with E-state index in [0.717, 1.165) is 30.8 Å². The van der Waals surface area contributed by atoms with Gasteiger partial charge in [-0.25, -0.2) is 0 Å². The molecular weight excluding hydrogens is 430 g/mol. The summed E-state index contributed by atoms with van der Waals surface area (Å²) in [5, 5.41) is 0. The predicted molar refractivity (Wildman–Crippen MR) is 125 cm³/mol. The van der Waals surface area contributed by atoms with Crippen LogP contribution in [-0.4, -0.2) is 45.8 Å². The summed E-state index contributed by atoms with van der Waals surface area (Å²) < 4.78 is 0. The lowest BCUT2D eigenvalue weighted by Gasteiger charge is -2.31. The lowest BCUT2D eigenvalue weighted by Crippen LogP contribution is -2.33. The fourth-order valence-corrected chi connectivity index (χ4v) is 4.06. The molecule has 0 bridgehead atoms. The van der Waals surface area contributed by atoms with Gasteiger partial charge in [-0.05, 0) is 31.0 Å². The predicted octanol–water partition coefficient (Wildman–Crippen LogP) is 3.92. The van der Waals surface area contributed by atoms with E-state index in [1.807, 2.05) is 38.2 Å². The van der Waals surface area contributed by atoms with Crippen molar-refractivity contribution in [1.82, 2.24) is 0 Å². The van der Waals surface area contributed by atoms with Gasteiger partial charge in [0.2, 0.25) is 0 Å². The van der Waals surface area contributed by atoms with Gasteiger partial charge in [-0.3, -0.25) is 9.59 Å². The smallest absolute Gasteiger partial charge is 0.196 e. The summed E-state index contributed by atoms with van der Waals surface area (Å²) in [6, 6.07) is 11.0. The van der Waals surface area contributed by atoms with E-state index in [1.54, 1.807) is 24.3 Å². The highest BCUT2D eigenvalue weighted by molar-refractivity contribution is 8.93. The Morgan fingerprint density at radius 2 is 1.41 bits per heavy atom. The maximum absolute atomic E-state index is 13.4. The third-order valence-corrected chi connectivity index (χ3v) is 5.49. The number of fused-ring (bicyclic) bond motifs is 2. The zero-order valence-electron chi connectivity index (χ0n) is 17.6. The molecule has 1 aliphatic carbocycles. The molecule has 0 aliphatic heterocycles. The number of ketones is 2. The zero-order chi connectivity index (χ0) is 20.4. The van der Waals surface area contributed by atoms with Crippen molar-refractivity contribution in [3.8, 4) is 0 Å². The molecule has 0 fully saturated rings. The van der Waals surface area contributed by atoms with E-state index >= 15 is 0 Å². The van der Waals surface area contributed by atoms with Crippen LogP contribution in [0.1, 0.15) is 51.6 Å². The SMILES string of the molecule is Br.CCCC(CN)CN(C)c1ccc(N(C)C)c2c1C(=O)c1ccccc1C2=O. The summed E-state index contributed by atoms with van der Waals surface area (Å²) in [7, 11) is 5.76. The van der Waals surface area contributed by atoms with E-state index in [9.17, 15) is 9.59 Å². The largest absolute Gasteiger partial charge is 0.377 e. The first-order chi connectivity index (χ1) is 13.4. The van der Waals surface area contributed by atoms with Crippen molar-refractivity contribution < 1.29 is 9.59 Å². The number of hydrogen-bond acceptors (Lipinski definition) is 5. The first-order valence-electron chi connectivity index (χ1n) is 9.84. The Morgan fingerprint density at radius 3 is 1.90 bits per heavy atom. The Balaban J connectivity index is 0.00000300. The van der Waals surface area contributed by atoms with Crippen LogP contribution < -0.4 is 15.5 Å². The Bertz CT molecular complexity index is 911. The second-order valence-corrected chi connectivity index (χ2v) is 7.72. The van der Waals surface area contributed by atoms with Gasteiger partial charge in [-0.2, -0.15) is 0 Å². The Hall–Kier alpha value is -2.18. The number of carbonyl (C=O) groups excluding carboxylic acids is 2. The van der Waals surface area contributed by atoms with Crippen molar-refractivity contribution in [1.29, 1.82) is 0 Å². The van der Waals surface area contributed by atoms with Crippen LogP contribution in [0, 0.1) is 5.92 Å². The number of benzene rings is 2. The molecule has 6 heteroatoms. The highest BCUT2D eigenvalue weighted by Crippen LogP contribution is 2.38. The fraction of sp³-hybridized carbons (Fsp3) is 0.391. The van der Waals surface area contributed by atoms with Gasteiger partial charge in [-0.15, -0.1) is 17.0 Å². The second kappa shape index (κ2) is 9.55. The third kappa shape index (κ3) is 4.23. The van der Waals surface area contributed by atoms with E-state index in [2.05, 4.69) is 11.8 Å². The summed E-state index contributed by atoms with van der Waals surface area (Å²) in [4.78, 5) is 30.7. The van der Waals surface area contributed by atoms with Gasteiger partial charge in [-0.1, -0.05) is 37.6 Å². The third-order valence-electron chi connectivity index (χ3n) is 5.49. The van der Waals surface area contributed by atoms with Crippen molar-refractivity contribution in [3.05, 3.63) is 58.7 Å². The molecule has 2 aromatic rings. The highest BCUT2D eigenvalue weighted by atomic mass is 79.9. The number of nitrogens with two attached hydrogens (primary N) is 1. The molecule has 0 saturated heterocycles. The number of rotatable bonds is 7. The molecule has 0 aromatic heterocycles. The van der Waals surface area contributed by atoms with Crippen LogP contribution in [0.15, 0.2) is 36.4 Å². The molecule has 29 heavy (non-hydrogen) atoms. The number of halogens is 1. The van der Waals surface area contributed by atoms with E-state index in [4.69, 9.17) is 5.73 Å². The molecular formula is C23H30BrN3O2. The van der Waals surface area contributed by atoms with E-state index < -0.39 is 0 Å². The molecule has 156 valence electrons. The normalized spacial score (nSPS) is 13.3.